The Morgan fingerprint density at radius 2 is 1.95 bits per heavy atom. The van der Waals surface area contributed by atoms with Gasteiger partial charge in [0.1, 0.15) is 0 Å². The van der Waals surface area contributed by atoms with E-state index in [0.717, 1.165) is 17.0 Å². The molecule has 2 unspecified atom stereocenters. The first-order valence-electron chi connectivity index (χ1n) is 6.95. The average Bonchev–Trinajstić information content (AvgIpc) is 2.27. The Morgan fingerprint density at radius 3 is 2.42 bits per heavy atom. The Morgan fingerprint density at radius 1 is 1.32 bits per heavy atom. The monoisotopic (exact) mass is 282 g/mol. The predicted octanol–water partition coefficient (Wildman–Crippen LogP) is 4.62. The molecular weight excluding hydrogens is 256 g/mol. The van der Waals surface area contributed by atoms with Gasteiger partial charge in [-0.2, -0.15) is 0 Å². The smallest absolute Gasteiger partial charge is 0.0463 e. The minimum atomic E-state index is 0.162. The summed E-state index contributed by atoms with van der Waals surface area (Å²) in [6.45, 7) is 11.1. The van der Waals surface area contributed by atoms with Crippen LogP contribution in [0, 0.1) is 18.3 Å². The summed E-state index contributed by atoms with van der Waals surface area (Å²) in [5, 5.41) is 0.807. The summed E-state index contributed by atoms with van der Waals surface area (Å²) in [6.07, 6.45) is 2.21. The van der Waals surface area contributed by atoms with Crippen molar-refractivity contribution >= 4 is 11.6 Å². The van der Waals surface area contributed by atoms with Crippen LogP contribution in [0.25, 0.3) is 0 Å². The summed E-state index contributed by atoms with van der Waals surface area (Å²) in [4.78, 5) is 0. The van der Waals surface area contributed by atoms with Crippen molar-refractivity contribution in [1.29, 1.82) is 0 Å². The third-order valence-corrected chi connectivity index (χ3v) is 3.81. The van der Waals surface area contributed by atoms with Crippen molar-refractivity contribution in [2.24, 2.45) is 17.2 Å². The highest BCUT2D eigenvalue weighted by Gasteiger charge is 2.19. The second-order valence-electron chi connectivity index (χ2n) is 6.83. The molecule has 1 rings (SSSR count). The van der Waals surface area contributed by atoms with E-state index in [1.54, 1.807) is 0 Å². The highest BCUT2D eigenvalue weighted by atomic mass is 35.5. The lowest BCUT2D eigenvalue weighted by Crippen LogP contribution is -2.30. The summed E-state index contributed by atoms with van der Waals surface area (Å²) in [5.41, 5.74) is 5.54. The van der Waals surface area contributed by atoms with Gasteiger partial charge < -0.3 is 0 Å². The van der Waals surface area contributed by atoms with Crippen LogP contribution in [-0.4, -0.2) is 0 Å². The number of halogens is 1. The Kier molecular flexibility index (Phi) is 5.84. The van der Waals surface area contributed by atoms with Crippen LogP contribution in [0.3, 0.4) is 0 Å². The van der Waals surface area contributed by atoms with E-state index in [0.29, 0.717) is 11.3 Å². The number of rotatable bonds is 5. The van der Waals surface area contributed by atoms with E-state index in [4.69, 9.17) is 17.4 Å². The molecule has 0 radical (unpaired) electrons. The summed E-state index contributed by atoms with van der Waals surface area (Å²) >= 11 is 6.19. The van der Waals surface area contributed by atoms with Crippen LogP contribution in [0.1, 0.15) is 57.7 Å². The highest BCUT2D eigenvalue weighted by Crippen LogP contribution is 2.31. The van der Waals surface area contributed by atoms with Crippen molar-refractivity contribution < 1.29 is 0 Å². The van der Waals surface area contributed by atoms with E-state index in [-0.39, 0.29) is 6.04 Å². The standard InChI is InChI=1S/C16H27ClN2/c1-11(10-16(3,4)5)8-15(19-18)13-7-6-12(2)14(17)9-13/h6-7,9,11,15,19H,8,10,18H2,1-5H3. The maximum absolute atomic E-state index is 6.19. The van der Waals surface area contributed by atoms with Gasteiger partial charge >= 0.3 is 0 Å². The van der Waals surface area contributed by atoms with Gasteiger partial charge in [-0.3, -0.25) is 11.3 Å². The van der Waals surface area contributed by atoms with Gasteiger partial charge in [-0.15, -0.1) is 0 Å². The molecule has 0 aliphatic rings. The number of aryl methyl sites for hydroxylation is 1. The van der Waals surface area contributed by atoms with E-state index < -0.39 is 0 Å². The van der Waals surface area contributed by atoms with Gasteiger partial charge in [0.2, 0.25) is 0 Å². The zero-order chi connectivity index (χ0) is 14.6. The van der Waals surface area contributed by atoms with Crippen LogP contribution in [0.2, 0.25) is 5.02 Å². The molecule has 2 nitrogen and oxygen atoms in total. The van der Waals surface area contributed by atoms with E-state index in [9.17, 15) is 0 Å². The molecule has 2 atom stereocenters. The van der Waals surface area contributed by atoms with Crippen LogP contribution in [0.5, 0.6) is 0 Å². The van der Waals surface area contributed by atoms with Crippen molar-refractivity contribution in [2.45, 2.75) is 53.5 Å². The number of hydrogen-bond acceptors (Lipinski definition) is 2. The van der Waals surface area contributed by atoms with Crippen LogP contribution in [-0.2, 0) is 0 Å². The minimum absolute atomic E-state index is 0.162. The van der Waals surface area contributed by atoms with Gasteiger partial charge in [-0.05, 0) is 48.3 Å². The second-order valence-corrected chi connectivity index (χ2v) is 7.24. The quantitative estimate of drug-likeness (QED) is 0.611. The summed E-state index contributed by atoms with van der Waals surface area (Å²) in [6, 6.07) is 6.34. The van der Waals surface area contributed by atoms with Crippen molar-refractivity contribution in [3.05, 3.63) is 34.3 Å². The molecule has 1 aromatic carbocycles. The molecule has 0 aromatic heterocycles. The van der Waals surface area contributed by atoms with Gasteiger partial charge in [0.05, 0.1) is 0 Å². The molecule has 0 saturated heterocycles. The minimum Gasteiger partial charge on any atom is -0.271 e. The average molecular weight is 283 g/mol. The number of hydrogen-bond donors (Lipinski definition) is 2. The van der Waals surface area contributed by atoms with Crippen LogP contribution in [0.15, 0.2) is 18.2 Å². The first-order valence-corrected chi connectivity index (χ1v) is 7.33. The number of hydrazine groups is 1. The Bertz CT molecular complexity index is 410. The van der Waals surface area contributed by atoms with Crippen LogP contribution < -0.4 is 11.3 Å². The van der Waals surface area contributed by atoms with E-state index in [1.807, 2.05) is 13.0 Å². The van der Waals surface area contributed by atoms with Crippen molar-refractivity contribution in [3.63, 3.8) is 0 Å². The molecule has 0 fully saturated rings. The molecule has 1 aromatic rings. The molecule has 0 saturated carbocycles. The fourth-order valence-corrected chi connectivity index (χ4v) is 2.85. The van der Waals surface area contributed by atoms with E-state index in [1.165, 1.54) is 12.0 Å². The molecule has 108 valence electrons. The van der Waals surface area contributed by atoms with Crippen molar-refractivity contribution in [1.82, 2.24) is 5.43 Å². The number of benzene rings is 1. The summed E-state index contributed by atoms with van der Waals surface area (Å²) in [5.74, 6) is 6.32. The number of nitrogens with one attached hydrogen (secondary N) is 1. The van der Waals surface area contributed by atoms with E-state index >= 15 is 0 Å². The van der Waals surface area contributed by atoms with Gasteiger partial charge in [0.15, 0.2) is 0 Å². The maximum atomic E-state index is 6.19. The maximum Gasteiger partial charge on any atom is 0.0463 e. The van der Waals surface area contributed by atoms with Gasteiger partial charge in [-0.25, -0.2) is 0 Å². The topological polar surface area (TPSA) is 38.0 Å². The fourth-order valence-electron chi connectivity index (χ4n) is 2.66. The number of nitrogens with two attached hydrogens (primary N) is 1. The molecule has 0 amide bonds. The third kappa shape index (κ3) is 5.52. The SMILES string of the molecule is Cc1ccc(C(CC(C)CC(C)(C)C)NN)cc1Cl. The normalized spacial score (nSPS) is 15.3. The molecule has 3 N–H and O–H groups in total. The van der Waals surface area contributed by atoms with Crippen molar-refractivity contribution in [3.8, 4) is 0 Å². The fraction of sp³-hybridized carbons (Fsp3) is 0.625. The largest absolute Gasteiger partial charge is 0.271 e. The lowest BCUT2D eigenvalue weighted by Gasteiger charge is -2.26. The van der Waals surface area contributed by atoms with Gasteiger partial charge in [0, 0.05) is 11.1 Å². The van der Waals surface area contributed by atoms with Crippen LogP contribution >= 0.6 is 11.6 Å². The first-order chi connectivity index (χ1) is 8.73. The second kappa shape index (κ2) is 6.74. The summed E-state index contributed by atoms with van der Waals surface area (Å²) in [7, 11) is 0. The summed E-state index contributed by atoms with van der Waals surface area (Å²) < 4.78 is 0. The Balaban J connectivity index is 2.75. The molecule has 0 bridgehead atoms. The molecule has 0 aliphatic carbocycles. The van der Waals surface area contributed by atoms with Crippen LogP contribution in [0.4, 0.5) is 0 Å². The van der Waals surface area contributed by atoms with Gasteiger partial charge in [-0.1, -0.05) is 51.4 Å². The van der Waals surface area contributed by atoms with Gasteiger partial charge in [0.25, 0.3) is 0 Å². The van der Waals surface area contributed by atoms with Crippen molar-refractivity contribution in [2.75, 3.05) is 0 Å². The molecule has 19 heavy (non-hydrogen) atoms. The zero-order valence-electron chi connectivity index (χ0n) is 12.8. The molecular formula is C16H27ClN2. The first kappa shape index (κ1) is 16.5. The Labute approximate surface area is 122 Å². The Hall–Kier alpha value is -0.570. The molecule has 0 aliphatic heterocycles. The zero-order valence-corrected chi connectivity index (χ0v) is 13.5. The third-order valence-electron chi connectivity index (χ3n) is 3.40. The highest BCUT2D eigenvalue weighted by molar-refractivity contribution is 6.31. The van der Waals surface area contributed by atoms with E-state index in [2.05, 4.69) is 45.3 Å². The molecule has 0 heterocycles. The lowest BCUT2D eigenvalue weighted by atomic mass is 9.82. The molecule has 0 spiro atoms. The predicted molar refractivity (Wildman–Crippen MR) is 84.1 cm³/mol. The molecule has 3 heteroatoms. The lowest BCUT2D eigenvalue weighted by molar-refractivity contribution is 0.276.